The zero-order chi connectivity index (χ0) is 17.8. The predicted molar refractivity (Wildman–Crippen MR) is 91.2 cm³/mol. The van der Waals surface area contributed by atoms with E-state index in [2.05, 4.69) is 22.5 Å². The molecular formula is C16H29BrO6. The Bertz CT molecular complexity index is 349. The van der Waals surface area contributed by atoms with Crippen molar-refractivity contribution in [3.63, 3.8) is 0 Å². The molecule has 0 bridgehead atoms. The van der Waals surface area contributed by atoms with E-state index in [1.807, 2.05) is 20.8 Å². The van der Waals surface area contributed by atoms with Crippen molar-refractivity contribution in [3.05, 3.63) is 11.1 Å². The lowest BCUT2D eigenvalue weighted by atomic mass is 10.1. The normalized spacial score (nSPS) is 16.4. The molecule has 0 radical (unpaired) electrons. The van der Waals surface area contributed by atoms with Gasteiger partial charge in [0.1, 0.15) is 0 Å². The second kappa shape index (κ2) is 12.9. The number of carbonyl (C=O) groups is 1. The average Bonchev–Trinajstić information content (AvgIpc) is 2.46. The Balaban J connectivity index is 4.82. The monoisotopic (exact) mass is 396 g/mol. The SMILES string of the molecule is C=C(Br)[C@H](C[C@@H](CC(=O)OC)OC(C)OCC)OC(C)OCC. The molecule has 7 heteroatoms. The predicted octanol–water partition coefficient (Wildman–Crippen LogP) is 3.38. The molecule has 2 unspecified atom stereocenters. The highest BCUT2D eigenvalue weighted by Gasteiger charge is 2.25. The first-order valence-corrected chi connectivity index (χ1v) is 8.58. The van der Waals surface area contributed by atoms with E-state index in [9.17, 15) is 4.79 Å². The minimum atomic E-state index is -0.428. The largest absolute Gasteiger partial charge is 0.469 e. The summed E-state index contributed by atoms with van der Waals surface area (Å²) in [5.74, 6) is -0.351. The Morgan fingerprint density at radius 3 is 2.04 bits per heavy atom. The van der Waals surface area contributed by atoms with Crippen molar-refractivity contribution >= 4 is 21.9 Å². The Labute approximate surface area is 147 Å². The molecule has 23 heavy (non-hydrogen) atoms. The number of rotatable bonds is 13. The summed E-state index contributed by atoms with van der Waals surface area (Å²) >= 11 is 3.35. The van der Waals surface area contributed by atoms with Gasteiger partial charge in [-0.3, -0.25) is 4.79 Å². The van der Waals surface area contributed by atoms with Gasteiger partial charge in [-0.2, -0.15) is 0 Å². The van der Waals surface area contributed by atoms with Crippen LogP contribution in [-0.4, -0.2) is 51.1 Å². The Hall–Kier alpha value is -0.470. The van der Waals surface area contributed by atoms with Gasteiger partial charge in [-0.15, -0.1) is 0 Å². The number of methoxy groups -OCH3 is 1. The molecule has 0 fully saturated rings. The Morgan fingerprint density at radius 2 is 1.61 bits per heavy atom. The molecule has 0 aliphatic carbocycles. The van der Waals surface area contributed by atoms with Gasteiger partial charge in [-0.05, 0) is 27.7 Å². The van der Waals surface area contributed by atoms with Crippen molar-refractivity contribution in [1.82, 2.24) is 0 Å². The molecule has 0 aliphatic heterocycles. The van der Waals surface area contributed by atoms with E-state index in [-0.39, 0.29) is 24.8 Å². The highest BCUT2D eigenvalue weighted by Crippen LogP contribution is 2.23. The van der Waals surface area contributed by atoms with Gasteiger partial charge in [-0.25, -0.2) is 0 Å². The van der Waals surface area contributed by atoms with Crippen molar-refractivity contribution in [2.75, 3.05) is 20.3 Å². The standard InChI is InChI=1S/C16H29BrO6/c1-7-20-12(4)22-14(10-16(18)19-6)9-15(11(3)17)23-13(5)21-8-2/h12-15H,3,7-10H2,1-2,4-6H3/t12?,13?,14-,15-/m0/s1. The molecule has 0 rings (SSSR count). The van der Waals surface area contributed by atoms with Crippen LogP contribution in [0.1, 0.15) is 40.5 Å². The van der Waals surface area contributed by atoms with E-state index in [1.54, 1.807) is 6.92 Å². The van der Waals surface area contributed by atoms with Crippen molar-refractivity contribution in [3.8, 4) is 0 Å². The smallest absolute Gasteiger partial charge is 0.308 e. The van der Waals surface area contributed by atoms with Gasteiger partial charge in [0.2, 0.25) is 0 Å². The van der Waals surface area contributed by atoms with E-state index >= 15 is 0 Å². The van der Waals surface area contributed by atoms with Crippen LogP contribution in [0, 0.1) is 0 Å². The van der Waals surface area contributed by atoms with Crippen molar-refractivity contribution in [2.24, 2.45) is 0 Å². The number of ether oxygens (including phenoxy) is 5. The zero-order valence-corrected chi connectivity index (χ0v) is 16.3. The molecule has 0 aliphatic rings. The third-order valence-corrected chi connectivity index (χ3v) is 3.50. The lowest BCUT2D eigenvalue weighted by molar-refractivity contribution is -0.186. The van der Waals surface area contributed by atoms with Gasteiger partial charge >= 0.3 is 5.97 Å². The summed E-state index contributed by atoms with van der Waals surface area (Å²) in [5.41, 5.74) is 0. The fourth-order valence-corrected chi connectivity index (χ4v) is 2.30. The summed E-state index contributed by atoms with van der Waals surface area (Å²) in [4.78, 5) is 11.6. The number of carbonyl (C=O) groups excluding carboxylic acids is 1. The first kappa shape index (κ1) is 22.5. The molecule has 0 heterocycles. The first-order valence-electron chi connectivity index (χ1n) is 7.79. The summed E-state index contributed by atoms with van der Waals surface area (Å²) in [5, 5.41) is 0. The van der Waals surface area contributed by atoms with Crippen molar-refractivity contribution in [1.29, 1.82) is 0 Å². The second-order valence-electron chi connectivity index (χ2n) is 4.89. The maximum atomic E-state index is 11.6. The van der Waals surface area contributed by atoms with E-state index in [4.69, 9.17) is 23.7 Å². The summed E-state index contributed by atoms with van der Waals surface area (Å²) in [6, 6.07) is 0. The summed E-state index contributed by atoms with van der Waals surface area (Å²) < 4.78 is 27.7. The van der Waals surface area contributed by atoms with Crippen LogP contribution in [0.4, 0.5) is 0 Å². The van der Waals surface area contributed by atoms with E-state index in [0.717, 1.165) is 0 Å². The van der Waals surface area contributed by atoms with E-state index in [1.165, 1.54) is 7.11 Å². The van der Waals surface area contributed by atoms with Gasteiger partial charge in [0.25, 0.3) is 0 Å². The molecule has 4 atom stereocenters. The summed E-state index contributed by atoms with van der Waals surface area (Å²) in [6.07, 6.45) is -1.06. The van der Waals surface area contributed by atoms with E-state index < -0.39 is 12.4 Å². The molecule has 0 aromatic carbocycles. The Morgan fingerprint density at radius 1 is 1.09 bits per heavy atom. The molecule has 0 amide bonds. The van der Waals surface area contributed by atoms with Crippen LogP contribution >= 0.6 is 15.9 Å². The van der Waals surface area contributed by atoms with Gasteiger partial charge in [0.15, 0.2) is 12.6 Å². The quantitative estimate of drug-likeness (QED) is 0.351. The Kier molecular flexibility index (Phi) is 12.6. The van der Waals surface area contributed by atoms with Crippen LogP contribution in [0.15, 0.2) is 11.1 Å². The van der Waals surface area contributed by atoms with Gasteiger partial charge in [0.05, 0.1) is 25.7 Å². The lowest BCUT2D eigenvalue weighted by Crippen LogP contribution is -2.32. The number of hydrogen-bond acceptors (Lipinski definition) is 6. The molecule has 0 saturated carbocycles. The molecular weight excluding hydrogens is 368 g/mol. The molecule has 0 aromatic rings. The highest BCUT2D eigenvalue weighted by atomic mass is 79.9. The molecule has 0 N–H and O–H groups in total. The molecule has 0 saturated heterocycles. The minimum absolute atomic E-state index is 0.108. The maximum absolute atomic E-state index is 11.6. The van der Waals surface area contributed by atoms with Crippen LogP contribution < -0.4 is 0 Å². The molecule has 6 nitrogen and oxygen atoms in total. The molecule has 0 spiro atoms. The van der Waals surface area contributed by atoms with Crippen molar-refractivity contribution < 1.29 is 28.5 Å². The first-order chi connectivity index (χ1) is 10.8. The fraction of sp³-hybridized carbons (Fsp3) is 0.812. The third kappa shape index (κ3) is 10.8. The van der Waals surface area contributed by atoms with Gasteiger partial charge in [0, 0.05) is 24.1 Å². The van der Waals surface area contributed by atoms with Crippen LogP contribution in [0.3, 0.4) is 0 Å². The molecule has 0 aromatic heterocycles. The number of halogens is 1. The maximum Gasteiger partial charge on any atom is 0.308 e. The second-order valence-corrected chi connectivity index (χ2v) is 5.91. The van der Waals surface area contributed by atoms with E-state index in [0.29, 0.717) is 24.1 Å². The van der Waals surface area contributed by atoms with Crippen LogP contribution in [0.2, 0.25) is 0 Å². The van der Waals surface area contributed by atoms with Gasteiger partial charge < -0.3 is 23.7 Å². The highest BCUT2D eigenvalue weighted by molar-refractivity contribution is 9.11. The third-order valence-electron chi connectivity index (χ3n) is 2.99. The minimum Gasteiger partial charge on any atom is -0.469 e. The summed E-state index contributed by atoms with van der Waals surface area (Å²) in [7, 11) is 1.35. The lowest BCUT2D eigenvalue weighted by Gasteiger charge is -2.27. The fourth-order valence-electron chi connectivity index (χ4n) is 2.00. The van der Waals surface area contributed by atoms with Crippen molar-refractivity contribution in [2.45, 2.75) is 65.3 Å². The topological polar surface area (TPSA) is 63.2 Å². The van der Waals surface area contributed by atoms with Gasteiger partial charge in [-0.1, -0.05) is 22.5 Å². The number of hydrogen-bond donors (Lipinski definition) is 0. The zero-order valence-electron chi connectivity index (χ0n) is 14.7. The number of esters is 1. The summed E-state index contributed by atoms with van der Waals surface area (Å²) in [6.45, 7) is 12.3. The van der Waals surface area contributed by atoms with Crippen LogP contribution in [0.5, 0.6) is 0 Å². The van der Waals surface area contributed by atoms with Crippen LogP contribution in [0.25, 0.3) is 0 Å². The van der Waals surface area contributed by atoms with Crippen LogP contribution in [-0.2, 0) is 28.5 Å². The molecule has 136 valence electrons. The average molecular weight is 397 g/mol.